The number of aliphatic hydroxyl groups excluding tert-OH is 1. The molecule has 1 amide bonds. The molecule has 8 heteroatoms. The molecule has 0 aliphatic rings. The molecule has 0 bridgehead atoms. The van der Waals surface area contributed by atoms with Crippen LogP contribution in [0.25, 0.3) is 10.9 Å². The molecule has 0 saturated carbocycles. The molecule has 130 valence electrons. The lowest BCUT2D eigenvalue weighted by Gasteiger charge is -2.15. The summed E-state index contributed by atoms with van der Waals surface area (Å²) in [6.45, 7) is 0.264. The van der Waals surface area contributed by atoms with Gasteiger partial charge in [0.15, 0.2) is 0 Å². The predicted octanol–water partition coefficient (Wildman–Crippen LogP) is 0.802. The normalized spacial score (nSPS) is 12.2. The van der Waals surface area contributed by atoms with Crippen molar-refractivity contribution in [2.24, 2.45) is 0 Å². The number of aryl methyl sites for hydroxylation is 1. The summed E-state index contributed by atoms with van der Waals surface area (Å²) in [7, 11) is 0. The number of benzene rings is 1. The summed E-state index contributed by atoms with van der Waals surface area (Å²) in [5.74, 6) is 0.755. The minimum atomic E-state index is -0.215. The van der Waals surface area contributed by atoms with Crippen LogP contribution in [0.4, 0.5) is 0 Å². The van der Waals surface area contributed by atoms with E-state index in [4.69, 9.17) is 0 Å². The van der Waals surface area contributed by atoms with Crippen molar-refractivity contribution in [3.8, 4) is 0 Å². The van der Waals surface area contributed by atoms with Gasteiger partial charge in [0.05, 0.1) is 18.0 Å². The number of aliphatic hydroxyl groups is 1. The standard InChI is InChI=1S/C16H22N4O3S/c1-24-10-8-12(11-21)17-15(22)7-4-9-20-16(23)13-5-2-3-6-14(13)18-19-20/h2-3,5-6,12,21H,4,7-11H2,1H3,(H,17,22)/t12-/m0/s1. The first-order chi connectivity index (χ1) is 11.7. The van der Waals surface area contributed by atoms with Gasteiger partial charge in [-0.05, 0) is 37.0 Å². The molecule has 0 aliphatic carbocycles. The van der Waals surface area contributed by atoms with Gasteiger partial charge in [0.1, 0.15) is 5.52 Å². The SMILES string of the molecule is CSCC[C@@H](CO)NC(=O)CCCn1nnc2ccccc2c1=O. The Bertz CT molecular complexity index is 735. The molecule has 24 heavy (non-hydrogen) atoms. The Kier molecular flexibility index (Phi) is 7.20. The molecule has 0 unspecified atom stereocenters. The van der Waals surface area contributed by atoms with Gasteiger partial charge in [0, 0.05) is 13.0 Å². The first-order valence-electron chi connectivity index (χ1n) is 7.87. The fourth-order valence-electron chi connectivity index (χ4n) is 2.33. The van der Waals surface area contributed by atoms with E-state index in [0.29, 0.717) is 23.9 Å². The van der Waals surface area contributed by atoms with E-state index >= 15 is 0 Å². The van der Waals surface area contributed by atoms with Crippen LogP contribution in [0.15, 0.2) is 29.1 Å². The zero-order valence-electron chi connectivity index (χ0n) is 13.6. The van der Waals surface area contributed by atoms with Gasteiger partial charge in [-0.15, -0.1) is 5.10 Å². The van der Waals surface area contributed by atoms with Crippen LogP contribution in [0.2, 0.25) is 0 Å². The van der Waals surface area contributed by atoms with Crippen molar-refractivity contribution in [2.75, 3.05) is 18.6 Å². The highest BCUT2D eigenvalue weighted by Gasteiger charge is 2.11. The zero-order chi connectivity index (χ0) is 17.4. The van der Waals surface area contributed by atoms with Crippen LogP contribution < -0.4 is 10.9 Å². The second kappa shape index (κ2) is 9.39. The molecule has 0 aliphatic heterocycles. The Labute approximate surface area is 144 Å². The molecule has 1 heterocycles. The highest BCUT2D eigenvalue weighted by Crippen LogP contribution is 2.04. The Morgan fingerprint density at radius 3 is 2.96 bits per heavy atom. The van der Waals surface area contributed by atoms with Crippen molar-refractivity contribution in [3.63, 3.8) is 0 Å². The minimum Gasteiger partial charge on any atom is -0.394 e. The highest BCUT2D eigenvalue weighted by atomic mass is 32.2. The summed E-state index contributed by atoms with van der Waals surface area (Å²) in [5, 5.41) is 20.5. The smallest absolute Gasteiger partial charge is 0.277 e. The van der Waals surface area contributed by atoms with Crippen molar-refractivity contribution in [1.82, 2.24) is 20.3 Å². The lowest BCUT2D eigenvalue weighted by molar-refractivity contribution is -0.122. The van der Waals surface area contributed by atoms with Crippen LogP contribution in [0.3, 0.4) is 0 Å². The molecule has 2 N–H and O–H groups in total. The van der Waals surface area contributed by atoms with Gasteiger partial charge in [0.25, 0.3) is 5.56 Å². The highest BCUT2D eigenvalue weighted by molar-refractivity contribution is 7.98. The van der Waals surface area contributed by atoms with E-state index in [1.807, 2.05) is 6.26 Å². The Morgan fingerprint density at radius 1 is 1.42 bits per heavy atom. The van der Waals surface area contributed by atoms with Crippen molar-refractivity contribution in [2.45, 2.75) is 31.8 Å². The number of hydrogen-bond acceptors (Lipinski definition) is 6. The van der Waals surface area contributed by atoms with Gasteiger partial charge in [-0.25, -0.2) is 4.68 Å². The van der Waals surface area contributed by atoms with Crippen LogP contribution >= 0.6 is 11.8 Å². The number of hydrogen-bond donors (Lipinski definition) is 2. The molecule has 0 saturated heterocycles. The van der Waals surface area contributed by atoms with Crippen molar-refractivity contribution in [3.05, 3.63) is 34.6 Å². The Morgan fingerprint density at radius 2 is 2.21 bits per heavy atom. The Hall–Kier alpha value is -1.93. The van der Waals surface area contributed by atoms with E-state index in [0.717, 1.165) is 12.2 Å². The number of fused-ring (bicyclic) bond motifs is 1. The largest absolute Gasteiger partial charge is 0.394 e. The van der Waals surface area contributed by atoms with Gasteiger partial charge < -0.3 is 10.4 Å². The lowest BCUT2D eigenvalue weighted by Crippen LogP contribution is -2.38. The lowest BCUT2D eigenvalue weighted by atomic mass is 10.2. The first-order valence-corrected chi connectivity index (χ1v) is 9.26. The Balaban J connectivity index is 1.86. The second-order valence-corrected chi connectivity index (χ2v) is 6.45. The van der Waals surface area contributed by atoms with Crippen molar-refractivity contribution in [1.29, 1.82) is 0 Å². The number of thioether (sulfide) groups is 1. The van der Waals surface area contributed by atoms with Gasteiger partial charge in [-0.3, -0.25) is 9.59 Å². The van der Waals surface area contributed by atoms with E-state index in [1.165, 1.54) is 4.68 Å². The fraction of sp³-hybridized carbons (Fsp3) is 0.500. The molecule has 1 aromatic carbocycles. The topological polar surface area (TPSA) is 97.1 Å². The van der Waals surface area contributed by atoms with Gasteiger partial charge >= 0.3 is 0 Å². The van der Waals surface area contributed by atoms with Crippen molar-refractivity contribution < 1.29 is 9.90 Å². The van der Waals surface area contributed by atoms with Crippen LogP contribution in [0.5, 0.6) is 0 Å². The number of carbonyl (C=O) groups excluding carboxylic acids is 1. The quantitative estimate of drug-likeness (QED) is 0.694. The third kappa shape index (κ3) is 5.04. The van der Waals surface area contributed by atoms with E-state index in [-0.39, 0.29) is 30.5 Å². The molecule has 0 radical (unpaired) electrons. The third-order valence-electron chi connectivity index (χ3n) is 3.66. The number of nitrogens with zero attached hydrogens (tertiary/aromatic N) is 3. The summed E-state index contributed by atoms with van der Waals surface area (Å²) >= 11 is 1.67. The van der Waals surface area contributed by atoms with Gasteiger partial charge in [-0.1, -0.05) is 17.3 Å². The maximum atomic E-state index is 12.3. The monoisotopic (exact) mass is 350 g/mol. The molecule has 0 fully saturated rings. The molecular formula is C16H22N4O3S. The molecule has 2 aromatic rings. The molecular weight excluding hydrogens is 328 g/mol. The van der Waals surface area contributed by atoms with Crippen LogP contribution in [-0.2, 0) is 11.3 Å². The number of aromatic nitrogens is 3. The number of nitrogens with one attached hydrogen (secondary N) is 1. The number of carbonyl (C=O) groups is 1. The average molecular weight is 350 g/mol. The number of amides is 1. The van der Waals surface area contributed by atoms with E-state index in [9.17, 15) is 14.7 Å². The molecule has 1 atom stereocenters. The maximum Gasteiger partial charge on any atom is 0.277 e. The van der Waals surface area contributed by atoms with Crippen molar-refractivity contribution >= 4 is 28.6 Å². The minimum absolute atomic E-state index is 0.0676. The number of rotatable bonds is 9. The van der Waals surface area contributed by atoms with Gasteiger partial charge in [0.2, 0.25) is 5.91 Å². The maximum absolute atomic E-state index is 12.3. The summed E-state index contributed by atoms with van der Waals surface area (Å²) in [6, 6.07) is 6.83. The third-order valence-corrected chi connectivity index (χ3v) is 4.30. The predicted molar refractivity (Wildman–Crippen MR) is 95.0 cm³/mol. The van der Waals surface area contributed by atoms with E-state index in [1.54, 1.807) is 36.0 Å². The molecule has 7 nitrogen and oxygen atoms in total. The van der Waals surface area contributed by atoms with Crippen LogP contribution in [-0.4, -0.2) is 50.7 Å². The summed E-state index contributed by atoms with van der Waals surface area (Å²) in [5.41, 5.74) is 0.366. The zero-order valence-corrected chi connectivity index (χ0v) is 14.5. The molecule has 0 spiro atoms. The molecule has 2 rings (SSSR count). The van der Waals surface area contributed by atoms with Gasteiger partial charge in [-0.2, -0.15) is 11.8 Å². The van der Waals surface area contributed by atoms with Crippen LogP contribution in [0.1, 0.15) is 19.3 Å². The second-order valence-electron chi connectivity index (χ2n) is 5.47. The summed E-state index contributed by atoms with van der Waals surface area (Å²) in [6.07, 6.45) is 3.48. The van der Waals surface area contributed by atoms with E-state index in [2.05, 4.69) is 15.6 Å². The molecule has 1 aromatic heterocycles. The summed E-state index contributed by atoms with van der Waals surface area (Å²) in [4.78, 5) is 24.2. The fourth-order valence-corrected chi connectivity index (χ4v) is 2.85. The van der Waals surface area contributed by atoms with Crippen LogP contribution in [0, 0.1) is 0 Å². The average Bonchev–Trinajstić information content (AvgIpc) is 2.60. The summed E-state index contributed by atoms with van der Waals surface area (Å²) < 4.78 is 1.28. The first kappa shape index (κ1) is 18.4. The van der Waals surface area contributed by atoms with E-state index < -0.39 is 0 Å².